The quantitative estimate of drug-likeness (QED) is 0.0528. The molecule has 0 spiro atoms. The number of nitrogens with one attached hydrogen (secondary N) is 1. The van der Waals surface area contributed by atoms with Gasteiger partial charge in [0.05, 0.1) is 57.4 Å². The highest BCUT2D eigenvalue weighted by molar-refractivity contribution is 7.81. The Morgan fingerprint density at radius 1 is 1.04 bits per heavy atom. The van der Waals surface area contributed by atoms with Gasteiger partial charge < -0.3 is 40.3 Å². The Morgan fingerprint density at radius 3 is 2.32 bits per heavy atom. The van der Waals surface area contributed by atoms with Crippen LogP contribution in [0, 0.1) is 18.3 Å². The number of carbonyl (C=O) groups is 3. The number of halogens is 3. The summed E-state index contributed by atoms with van der Waals surface area (Å²) in [5.41, 5.74) is 9.86. The SMILES string of the molecule is COC(C)[C@@H](N=CC(=CN)OC1CCN(c2ccc(-c3ccc(N4C(=S)N(c5ccc(C#N)c(C(F)(F)F)c5)C(=O)C4(C)C)cc3)cn2)CC1)C(=O)N1C[C@H](O)C[C@H]1C(=O)NCc1ccc(-c2scnc2C)cc1. The van der Waals surface area contributed by atoms with Crippen LogP contribution in [0.2, 0.25) is 0 Å². The first kappa shape index (κ1) is 53.1. The number of β-amino-alcohol motifs (C(OH)–C–C–N with tert-alkyl or cyclic N) is 1. The number of thiocarbonyl (C=S) groups is 1. The number of amides is 3. The summed E-state index contributed by atoms with van der Waals surface area (Å²) >= 11 is 7.26. The molecule has 3 saturated heterocycles. The lowest BCUT2D eigenvalue weighted by Crippen LogP contribution is -2.51. The number of benzene rings is 3. The Kier molecular flexibility index (Phi) is 15.8. The molecule has 4 N–H and O–H groups in total. The molecule has 386 valence electrons. The van der Waals surface area contributed by atoms with Crippen LogP contribution in [-0.2, 0) is 36.6 Å². The number of aliphatic hydroxyl groups is 1. The highest BCUT2D eigenvalue weighted by atomic mass is 32.1. The summed E-state index contributed by atoms with van der Waals surface area (Å²) in [6.45, 7) is 8.40. The molecule has 0 saturated carbocycles. The zero-order valence-electron chi connectivity index (χ0n) is 41.2. The van der Waals surface area contributed by atoms with E-state index in [1.807, 2.05) is 55.5 Å². The zero-order chi connectivity index (χ0) is 53.1. The number of alkyl halides is 3. The predicted octanol–water partition coefficient (Wildman–Crippen LogP) is 7.53. The Bertz CT molecular complexity index is 2990. The van der Waals surface area contributed by atoms with Gasteiger partial charge in [0.2, 0.25) is 5.91 Å². The summed E-state index contributed by atoms with van der Waals surface area (Å²) in [5.74, 6) is -0.353. The molecule has 0 bridgehead atoms. The molecule has 16 nitrogen and oxygen atoms in total. The number of nitrogens with zero attached hydrogens (tertiary/aromatic N) is 8. The third-order valence-corrected chi connectivity index (χ3v) is 14.9. The number of piperidine rings is 1. The van der Waals surface area contributed by atoms with Crippen molar-refractivity contribution < 1.29 is 42.1 Å². The van der Waals surface area contributed by atoms with Crippen LogP contribution >= 0.6 is 23.6 Å². The maximum absolute atomic E-state index is 14.1. The number of thiazole rings is 1. The molecule has 3 aliphatic rings. The standard InChI is InChI=1S/C53H55F3N10O6S2/c1-31-47(74-30-62-31)35-8-6-33(7-9-35)26-61-48(68)44-23-40(67)29-64(44)49(69)46(32(2)71-5)60-28-42(25-58)72-41-18-20-63(21-19-41)45-17-13-37(27-59-45)34-10-14-38(15-11-34)66-51(73)65(50(70)52(66,3)4)39-16-12-36(24-57)43(22-39)53(54,55)56/h6-17,22,25,27-28,30,32,40-41,44,46,67H,18-21,23,26,29,58H2,1-5H3,(H,61,68)/t32?,40-,44+,46-/m1/s1. The molecule has 74 heavy (non-hydrogen) atoms. The monoisotopic (exact) mass is 1050 g/mol. The number of allylic oxidation sites excluding steroid dienone is 1. The summed E-state index contributed by atoms with van der Waals surface area (Å²) in [7, 11) is 1.47. The Balaban J connectivity index is 0.846. The number of methoxy groups -OCH3 is 1. The number of aliphatic hydroxyl groups excluding tert-OH is 1. The minimum atomic E-state index is -4.81. The van der Waals surface area contributed by atoms with Crippen molar-refractivity contribution in [3.05, 3.63) is 125 Å². The highest BCUT2D eigenvalue weighted by Gasteiger charge is 2.51. The van der Waals surface area contributed by atoms with Crippen LogP contribution in [-0.4, -0.2) is 112 Å². The zero-order valence-corrected chi connectivity index (χ0v) is 42.9. The van der Waals surface area contributed by atoms with Gasteiger partial charge in [-0.3, -0.25) is 24.3 Å². The predicted molar refractivity (Wildman–Crippen MR) is 280 cm³/mol. The number of hydrogen-bond acceptors (Lipinski definition) is 14. The summed E-state index contributed by atoms with van der Waals surface area (Å²) in [4.78, 5) is 62.2. The smallest absolute Gasteiger partial charge is 0.417 e. The van der Waals surface area contributed by atoms with E-state index in [-0.39, 0.29) is 48.1 Å². The largest absolute Gasteiger partial charge is 0.487 e. The van der Waals surface area contributed by atoms with Crippen LogP contribution in [0.5, 0.6) is 0 Å². The van der Waals surface area contributed by atoms with Gasteiger partial charge in [0.25, 0.3) is 11.8 Å². The fourth-order valence-electron chi connectivity index (χ4n) is 9.32. The first-order valence-corrected chi connectivity index (χ1v) is 25.1. The lowest BCUT2D eigenvalue weighted by atomic mass is 10.0. The van der Waals surface area contributed by atoms with E-state index < -0.39 is 58.9 Å². The van der Waals surface area contributed by atoms with Crippen LogP contribution in [0.4, 0.5) is 30.4 Å². The van der Waals surface area contributed by atoms with Crippen LogP contribution in [0.15, 0.2) is 108 Å². The van der Waals surface area contributed by atoms with E-state index >= 15 is 0 Å². The van der Waals surface area contributed by atoms with Gasteiger partial charge in [0.15, 0.2) is 16.9 Å². The molecule has 21 heteroatoms. The van der Waals surface area contributed by atoms with Crippen molar-refractivity contribution in [3.63, 3.8) is 0 Å². The second-order valence-corrected chi connectivity index (χ2v) is 19.9. The molecule has 8 rings (SSSR count). The van der Waals surface area contributed by atoms with Crippen LogP contribution < -0.4 is 25.8 Å². The van der Waals surface area contributed by atoms with E-state index in [9.17, 15) is 37.9 Å². The molecule has 5 aromatic rings. The number of aromatic nitrogens is 2. The average molecular weight is 1050 g/mol. The number of carbonyl (C=O) groups excluding carboxylic acids is 3. The summed E-state index contributed by atoms with van der Waals surface area (Å²) in [6, 6.07) is 21.7. The molecule has 1 unspecified atom stereocenters. The second-order valence-electron chi connectivity index (χ2n) is 18.7. The molecular formula is C53H55F3N10O6S2. The van der Waals surface area contributed by atoms with E-state index in [1.165, 1.54) is 30.5 Å². The van der Waals surface area contributed by atoms with Gasteiger partial charge in [-0.1, -0.05) is 36.4 Å². The molecule has 0 aliphatic carbocycles. The number of anilines is 3. The number of nitrogens with two attached hydrogens (primary N) is 1. The maximum atomic E-state index is 14.1. The molecule has 3 aromatic carbocycles. The van der Waals surface area contributed by atoms with Crippen molar-refractivity contribution in [2.24, 2.45) is 10.7 Å². The molecule has 2 aromatic heterocycles. The molecule has 0 radical (unpaired) electrons. The van der Waals surface area contributed by atoms with Gasteiger partial charge in [0.1, 0.15) is 23.5 Å². The molecule has 4 atom stereocenters. The van der Waals surface area contributed by atoms with Crippen molar-refractivity contribution in [1.82, 2.24) is 20.2 Å². The number of hydrogen-bond donors (Lipinski definition) is 3. The van der Waals surface area contributed by atoms with Crippen LogP contribution in [0.25, 0.3) is 21.6 Å². The Labute approximate surface area is 435 Å². The average Bonchev–Trinajstić information content (AvgIpc) is 4.07. The van der Waals surface area contributed by atoms with Crippen LogP contribution in [0.1, 0.15) is 62.4 Å². The van der Waals surface area contributed by atoms with Gasteiger partial charge in [-0.05, 0) is 99.1 Å². The van der Waals surface area contributed by atoms with Gasteiger partial charge >= 0.3 is 6.18 Å². The Morgan fingerprint density at radius 2 is 1.72 bits per heavy atom. The number of nitriles is 1. The van der Waals surface area contributed by atoms with Crippen molar-refractivity contribution in [3.8, 4) is 27.6 Å². The fourth-order valence-corrected chi connectivity index (χ4v) is 10.7. The molecule has 3 aliphatic heterocycles. The molecule has 3 fully saturated rings. The van der Waals surface area contributed by atoms with Gasteiger partial charge in [0, 0.05) is 76.2 Å². The number of aliphatic imine (C=N–C) groups is 1. The Hall–Kier alpha value is -7.25. The molecule has 5 heterocycles. The number of likely N-dealkylation sites (tertiary alicyclic amines) is 1. The van der Waals surface area contributed by atoms with Gasteiger partial charge in [-0.2, -0.15) is 18.4 Å². The van der Waals surface area contributed by atoms with E-state index in [0.717, 1.165) is 55.7 Å². The summed E-state index contributed by atoms with van der Waals surface area (Å²) < 4.78 is 53.3. The lowest BCUT2D eigenvalue weighted by molar-refractivity contribution is -0.141. The maximum Gasteiger partial charge on any atom is 0.417 e. The van der Waals surface area contributed by atoms with E-state index in [1.54, 1.807) is 66.9 Å². The van der Waals surface area contributed by atoms with Gasteiger partial charge in [-0.25, -0.2) is 9.97 Å². The first-order valence-electron chi connectivity index (χ1n) is 23.8. The number of ether oxygens (including phenoxy) is 2. The van der Waals surface area contributed by atoms with Gasteiger partial charge in [-0.15, -0.1) is 11.3 Å². The first-order chi connectivity index (χ1) is 35.3. The number of aryl methyl sites for hydroxylation is 1. The van der Waals surface area contributed by atoms with Crippen molar-refractivity contribution >= 4 is 69.8 Å². The highest BCUT2D eigenvalue weighted by Crippen LogP contribution is 2.40. The van der Waals surface area contributed by atoms with E-state index in [0.29, 0.717) is 31.6 Å². The number of pyridine rings is 1. The van der Waals surface area contributed by atoms with E-state index in [4.69, 9.17) is 32.4 Å². The topological polar surface area (TPSA) is 203 Å². The lowest BCUT2D eigenvalue weighted by Gasteiger charge is -2.33. The normalized spacial score (nSPS) is 19.3. The minimum Gasteiger partial charge on any atom is -0.487 e. The van der Waals surface area contributed by atoms with Crippen molar-refractivity contribution in [1.29, 1.82) is 5.26 Å². The molecular weight excluding hydrogens is 994 g/mol. The van der Waals surface area contributed by atoms with Crippen molar-refractivity contribution in [2.75, 3.05) is 41.4 Å². The molecule has 3 amide bonds. The fraction of sp³-hybridized carbons (Fsp3) is 0.358. The third-order valence-electron chi connectivity index (χ3n) is 13.5. The summed E-state index contributed by atoms with van der Waals surface area (Å²) in [6.07, 6.45) is -0.817. The number of rotatable bonds is 15. The summed E-state index contributed by atoms with van der Waals surface area (Å²) in [5, 5.41) is 22.8. The minimum absolute atomic E-state index is 0.000965. The third kappa shape index (κ3) is 11.1. The van der Waals surface area contributed by atoms with E-state index in [2.05, 4.69) is 20.2 Å². The second kappa shape index (κ2) is 22.1. The van der Waals surface area contributed by atoms with Crippen LogP contribution in [0.3, 0.4) is 0 Å². The van der Waals surface area contributed by atoms with Crippen molar-refractivity contribution in [2.45, 2.75) is 95.6 Å².